The van der Waals surface area contributed by atoms with Gasteiger partial charge in [-0.25, -0.2) is 4.39 Å². The summed E-state index contributed by atoms with van der Waals surface area (Å²) in [6, 6.07) is 5.26. The molecular weight excluding hydrogens is 243 g/mol. The fraction of sp³-hybridized carbons (Fsp3) is 0.600. The van der Waals surface area contributed by atoms with Crippen LogP contribution in [0.1, 0.15) is 25.8 Å². The van der Waals surface area contributed by atoms with E-state index in [2.05, 4.69) is 24.1 Å². The van der Waals surface area contributed by atoms with Gasteiger partial charge in [0.25, 0.3) is 0 Å². The zero-order chi connectivity index (χ0) is 13.8. The normalized spacial score (nSPS) is 20.3. The minimum absolute atomic E-state index is 0.231. The minimum atomic E-state index is -0.550. The summed E-state index contributed by atoms with van der Waals surface area (Å²) in [4.78, 5) is 2.48. The van der Waals surface area contributed by atoms with Crippen LogP contribution < -0.4 is 5.32 Å². The Hall–Kier alpha value is -1.13. The Balaban J connectivity index is 1.77. The molecule has 1 heterocycles. The molecule has 1 aromatic carbocycles. The van der Waals surface area contributed by atoms with E-state index in [0.717, 1.165) is 19.6 Å². The molecule has 0 bridgehead atoms. The summed E-state index contributed by atoms with van der Waals surface area (Å²) in [5.74, 6) is -0.130. The highest BCUT2D eigenvalue weighted by atomic mass is 19.1. The molecule has 1 aliphatic heterocycles. The van der Waals surface area contributed by atoms with Crippen LogP contribution in [0, 0.1) is 11.7 Å². The first-order valence-electron chi connectivity index (χ1n) is 6.99. The van der Waals surface area contributed by atoms with Gasteiger partial charge in [-0.2, -0.15) is 0 Å². The van der Waals surface area contributed by atoms with E-state index in [1.807, 2.05) is 0 Å². The summed E-state index contributed by atoms with van der Waals surface area (Å²) in [5.41, 5.74) is 0.624. The molecule has 0 spiro atoms. The van der Waals surface area contributed by atoms with Crippen LogP contribution in [0.5, 0.6) is 5.75 Å². The Kier molecular flexibility index (Phi) is 4.77. The van der Waals surface area contributed by atoms with Crippen molar-refractivity contribution in [3.63, 3.8) is 0 Å². The molecule has 1 unspecified atom stereocenters. The molecule has 2 rings (SSSR count). The standard InChI is InChI=1S/C15H23FN2O/c1-11(2)18-7-6-12(10-18)8-17-9-13-4-3-5-14(16)15(13)19/h3-5,11-12,17,19H,6-10H2,1-2H3. The van der Waals surface area contributed by atoms with Crippen molar-refractivity contribution in [2.45, 2.75) is 32.9 Å². The number of hydrogen-bond acceptors (Lipinski definition) is 3. The van der Waals surface area contributed by atoms with Gasteiger partial charge in [0.05, 0.1) is 0 Å². The predicted octanol–water partition coefficient (Wildman–Crippen LogP) is 2.35. The average Bonchev–Trinajstić information content (AvgIpc) is 2.83. The van der Waals surface area contributed by atoms with Crippen molar-refractivity contribution in [3.05, 3.63) is 29.6 Å². The van der Waals surface area contributed by atoms with Crippen molar-refractivity contribution < 1.29 is 9.50 Å². The number of rotatable bonds is 5. The van der Waals surface area contributed by atoms with Gasteiger partial charge in [-0.1, -0.05) is 12.1 Å². The molecule has 0 amide bonds. The number of hydrogen-bond donors (Lipinski definition) is 2. The maximum Gasteiger partial charge on any atom is 0.165 e. The van der Waals surface area contributed by atoms with E-state index in [1.165, 1.54) is 12.5 Å². The third-order valence-electron chi connectivity index (χ3n) is 3.87. The summed E-state index contributed by atoms with van der Waals surface area (Å²) in [7, 11) is 0. The van der Waals surface area contributed by atoms with Crippen LogP contribution in [0.4, 0.5) is 4.39 Å². The molecule has 106 valence electrons. The summed E-state index contributed by atoms with van der Waals surface area (Å²) in [5, 5.41) is 12.9. The summed E-state index contributed by atoms with van der Waals surface area (Å²) in [6.07, 6.45) is 1.21. The quantitative estimate of drug-likeness (QED) is 0.859. The number of nitrogens with zero attached hydrogens (tertiary/aromatic N) is 1. The number of phenols is 1. The van der Waals surface area contributed by atoms with Gasteiger partial charge in [-0.15, -0.1) is 0 Å². The second kappa shape index (κ2) is 6.35. The Morgan fingerprint density at radius 1 is 1.47 bits per heavy atom. The second-order valence-corrected chi connectivity index (χ2v) is 5.62. The van der Waals surface area contributed by atoms with Gasteiger partial charge >= 0.3 is 0 Å². The summed E-state index contributed by atoms with van der Waals surface area (Å²) < 4.78 is 13.2. The third-order valence-corrected chi connectivity index (χ3v) is 3.87. The first-order valence-corrected chi connectivity index (χ1v) is 6.99. The molecule has 1 saturated heterocycles. The number of benzene rings is 1. The highest BCUT2D eigenvalue weighted by Gasteiger charge is 2.23. The minimum Gasteiger partial charge on any atom is -0.505 e. The van der Waals surface area contributed by atoms with Crippen LogP contribution >= 0.6 is 0 Å². The van der Waals surface area contributed by atoms with Gasteiger partial charge in [0.15, 0.2) is 11.6 Å². The lowest BCUT2D eigenvalue weighted by Gasteiger charge is -2.20. The van der Waals surface area contributed by atoms with E-state index < -0.39 is 5.82 Å². The SMILES string of the molecule is CC(C)N1CCC(CNCc2cccc(F)c2O)C1. The Morgan fingerprint density at radius 3 is 2.95 bits per heavy atom. The number of halogens is 1. The molecule has 0 aliphatic carbocycles. The summed E-state index contributed by atoms with van der Waals surface area (Å²) in [6.45, 7) is 8.16. The van der Waals surface area contributed by atoms with Crippen molar-refractivity contribution in [2.24, 2.45) is 5.92 Å². The maximum atomic E-state index is 13.2. The lowest BCUT2D eigenvalue weighted by atomic mass is 10.1. The molecule has 0 radical (unpaired) electrons. The number of likely N-dealkylation sites (tertiary alicyclic amines) is 1. The fourth-order valence-corrected chi connectivity index (χ4v) is 2.61. The molecule has 4 heteroatoms. The van der Waals surface area contributed by atoms with E-state index in [0.29, 0.717) is 24.1 Å². The van der Waals surface area contributed by atoms with Crippen LogP contribution in [0.2, 0.25) is 0 Å². The monoisotopic (exact) mass is 266 g/mol. The van der Waals surface area contributed by atoms with Gasteiger partial charge in [0, 0.05) is 24.7 Å². The molecule has 3 nitrogen and oxygen atoms in total. The molecule has 1 aromatic rings. The maximum absolute atomic E-state index is 13.2. The largest absolute Gasteiger partial charge is 0.505 e. The summed E-state index contributed by atoms with van der Waals surface area (Å²) >= 11 is 0. The van der Waals surface area contributed by atoms with Crippen LogP contribution in [-0.4, -0.2) is 35.7 Å². The molecule has 1 atom stereocenters. The Labute approximate surface area is 114 Å². The van der Waals surface area contributed by atoms with Gasteiger partial charge in [-0.3, -0.25) is 0 Å². The van der Waals surface area contributed by atoms with Crippen molar-refractivity contribution in [1.29, 1.82) is 0 Å². The predicted molar refractivity (Wildman–Crippen MR) is 74.6 cm³/mol. The van der Waals surface area contributed by atoms with Crippen molar-refractivity contribution >= 4 is 0 Å². The van der Waals surface area contributed by atoms with Crippen molar-refractivity contribution in [3.8, 4) is 5.75 Å². The van der Waals surface area contributed by atoms with Gasteiger partial charge in [0.2, 0.25) is 0 Å². The zero-order valence-electron chi connectivity index (χ0n) is 11.7. The number of nitrogens with one attached hydrogen (secondary N) is 1. The van der Waals surface area contributed by atoms with Crippen LogP contribution in [0.25, 0.3) is 0 Å². The lowest BCUT2D eigenvalue weighted by molar-refractivity contribution is 0.264. The smallest absolute Gasteiger partial charge is 0.165 e. The number of aromatic hydroxyl groups is 1. The van der Waals surface area contributed by atoms with E-state index in [-0.39, 0.29) is 5.75 Å². The number of phenolic OH excluding ortho intramolecular Hbond substituents is 1. The van der Waals surface area contributed by atoms with Crippen molar-refractivity contribution in [1.82, 2.24) is 10.2 Å². The van der Waals surface area contributed by atoms with Crippen LogP contribution in [-0.2, 0) is 6.54 Å². The molecule has 2 N–H and O–H groups in total. The molecule has 0 saturated carbocycles. The van der Waals surface area contributed by atoms with Gasteiger partial charge in [-0.05, 0) is 45.3 Å². The zero-order valence-corrected chi connectivity index (χ0v) is 11.7. The lowest BCUT2D eigenvalue weighted by Crippen LogP contribution is -2.30. The van der Waals surface area contributed by atoms with Crippen LogP contribution in [0.15, 0.2) is 18.2 Å². The van der Waals surface area contributed by atoms with Gasteiger partial charge in [0.1, 0.15) is 0 Å². The molecule has 19 heavy (non-hydrogen) atoms. The first kappa shape index (κ1) is 14.3. The Morgan fingerprint density at radius 2 is 2.26 bits per heavy atom. The van der Waals surface area contributed by atoms with Gasteiger partial charge < -0.3 is 15.3 Å². The average molecular weight is 266 g/mol. The molecular formula is C15H23FN2O. The third kappa shape index (κ3) is 3.67. The topological polar surface area (TPSA) is 35.5 Å². The van der Waals surface area contributed by atoms with Crippen molar-refractivity contribution in [2.75, 3.05) is 19.6 Å². The highest BCUT2D eigenvalue weighted by Crippen LogP contribution is 2.21. The fourth-order valence-electron chi connectivity index (χ4n) is 2.61. The highest BCUT2D eigenvalue weighted by molar-refractivity contribution is 5.33. The van der Waals surface area contributed by atoms with E-state index in [4.69, 9.17) is 0 Å². The Bertz CT molecular complexity index is 423. The number of para-hydroxylation sites is 1. The first-order chi connectivity index (χ1) is 9.08. The molecule has 1 fully saturated rings. The molecule has 1 aliphatic rings. The van der Waals surface area contributed by atoms with E-state index in [9.17, 15) is 9.50 Å². The molecule has 0 aromatic heterocycles. The van der Waals surface area contributed by atoms with E-state index in [1.54, 1.807) is 12.1 Å². The van der Waals surface area contributed by atoms with E-state index >= 15 is 0 Å². The second-order valence-electron chi connectivity index (χ2n) is 5.62. The van der Waals surface area contributed by atoms with Crippen LogP contribution in [0.3, 0.4) is 0 Å².